The Morgan fingerprint density at radius 2 is 1.69 bits per heavy atom. The summed E-state index contributed by atoms with van der Waals surface area (Å²) in [6.07, 6.45) is 0. The molecule has 0 bridgehead atoms. The van der Waals surface area contributed by atoms with Gasteiger partial charge in [0, 0.05) is 0 Å². The van der Waals surface area contributed by atoms with Crippen molar-refractivity contribution in [3.05, 3.63) is 27.7 Å². The second-order valence-corrected chi connectivity index (χ2v) is 2.87. The van der Waals surface area contributed by atoms with E-state index in [0.29, 0.717) is 0 Å². The fourth-order valence-electron chi connectivity index (χ4n) is 0.745. The summed E-state index contributed by atoms with van der Waals surface area (Å²) in [5, 5.41) is 17.7. The Morgan fingerprint density at radius 3 is 2.08 bits per heavy atom. The van der Waals surface area contributed by atoms with Crippen LogP contribution in [0.1, 0.15) is 10.4 Å². The zero-order valence-corrected chi connectivity index (χ0v) is 7.23. The van der Waals surface area contributed by atoms with Crippen molar-refractivity contribution in [2.24, 2.45) is 0 Å². The van der Waals surface area contributed by atoms with Gasteiger partial charge in [-0.25, -0.2) is 4.79 Å². The molecule has 0 spiro atoms. The molecule has 0 unspecified atom stereocenters. The van der Waals surface area contributed by atoms with Gasteiger partial charge in [-0.1, -0.05) is 23.2 Å². The number of benzene rings is 1. The summed E-state index contributed by atoms with van der Waals surface area (Å²) in [5.74, 6) is -1.81. The number of halogens is 2. The van der Waals surface area contributed by atoms with E-state index in [4.69, 9.17) is 33.4 Å². The number of carboxylic acid groups (broad SMARTS) is 1. The van der Waals surface area contributed by atoms with Crippen LogP contribution in [-0.4, -0.2) is 67.6 Å². The van der Waals surface area contributed by atoms with E-state index in [1.165, 1.54) is 12.1 Å². The van der Waals surface area contributed by atoms with Crippen LogP contribution in [0.4, 0.5) is 0 Å². The van der Waals surface area contributed by atoms with Crippen LogP contribution >= 0.6 is 23.2 Å². The summed E-state index contributed by atoms with van der Waals surface area (Å²) in [7, 11) is 0. The molecular formula is C7H5Cl2KO3. The van der Waals surface area contributed by atoms with Crippen molar-refractivity contribution in [1.82, 2.24) is 0 Å². The van der Waals surface area contributed by atoms with Crippen LogP contribution in [0.15, 0.2) is 12.1 Å². The first-order chi connectivity index (χ1) is 5.54. The molecule has 0 aliphatic rings. The molecule has 0 aliphatic heterocycles. The van der Waals surface area contributed by atoms with Gasteiger partial charge in [-0.15, -0.1) is 0 Å². The normalized spacial score (nSPS) is 9.08. The van der Waals surface area contributed by atoms with Crippen molar-refractivity contribution in [3.8, 4) is 5.75 Å². The van der Waals surface area contributed by atoms with Gasteiger partial charge in [-0.3, -0.25) is 0 Å². The summed E-state index contributed by atoms with van der Waals surface area (Å²) in [5.41, 5.74) is -0.371. The number of aromatic carboxylic acids is 1. The second kappa shape index (κ2) is 5.55. The van der Waals surface area contributed by atoms with Crippen LogP contribution in [0, 0.1) is 0 Å². The molecule has 13 heavy (non-hydrogen) atoms. The molecule has 1 rings (SSSR count). The standard InChI is InChI=1S/C7H4Cl2O3.K.H/c8-3-1-2-4(9)6(10)5(3)7(11)12;;/h1-2,10H,(H,11,12);;. The first-order valence-corrected chi connectivity index (χ1v) is 3.70. The molecule has 0 fully saturated rings. The third-order valence-electron chi connectivity index (χ3n) is 1.29. The molecule has 0 heterocycles. The van der Waals surface area contributed by atoms with Gasteiger partial charge in [0.2, 0.25) is 0 Å². The molecule has 1 aromatic carbocycles. The van der Waals surface area contributed by atoms with Gasteiger partial charge in [-0.2, -0.15) is 0 Å². The number of carbonyl (C=O) groups is 1. The van der Waals surface area contributed by atoms with E-state index in [0.717, 1.165) is 0 Å². The van der Waals surface area contributed by atoms with Crippen LogP contribution in [0.3, 0.4) is 0 Å². The van der Waals surface area contributed by atoms with E-state index in [1.54, 1.807) is 0 Å². The molecule has 1 aromatic rings. The monoisotopic (exact) mass is 246 g/mol. The first kappa shape index (κ1) is 13.7. The van der Waals surface area contributed by atoms with E-state index in [1.807, 2.05) is 0 Å². The fraction of sp³-hybridized carbons (Fsp3) is 0. The van der Waals surface area contributed by atoms with E-state index in [2.05, 4.69) is 0 Å². The quantitative estimate of drug-likeness (QED) is 0.743. The van der Waals surface area contributed by atoms with Gasteiger partial charge in [0.25, 0.3) is 0 Å². The number of hydrogen-bond donors (Lipinski definition) is 2. The minimum atomic E-state index is -1.31. The van der Waals surface area contributed by atoms with E-state index in [-0.39, 0.29) is 67.0 Å². The summed E-state index contributed by atoms with van der Waals surface area (Å²) in [4.78, 5) is 10.5. The second-order valence-electron chi connectivity index (χ2n) is 2.06. The predicted octanol–water partition coefficient (Wildman–Crippen LogP) is 1.75. The van der Waals surface area contributed by atoms with Gasteiger partial charge in [0.05, 0.1) is 10.0 Å². The number of carboxylic acids is 1. The van der Waals surface area contributed by atoms with Crippen molar-refractivity contribution in [2.45, 2.75) is 0 Å². The van der Waals surface area contributed by atoms with Crippen molar-refractivity contribution in [2.75, 3.05) is 0 Å². The van der Waals surface area contributed by atoms with Gasteiger partial charge in [0.15, 0.2) is 0 Å². The summed E-state index contributed by atoms with van der Waals surface area (Å²) >= 11 is 11.0. The van der Waals surface area contributed by atoms with Crippen molar-refractivity contribution >= 4 is 80.6 Å². The Bertz CT molecular complexity index is 341. The third kappa shape index (κ3) is 3.09. The fourth-order valence-corrected chi connectivity index (χ4v) is 1.14. The number of aromatic hydroxyl groups is 1. The Kier molecular flexibility index (Phi) is 5.86. The molecule has 0 amide bonds. The Hall–Kier alpha value is 0.706. The molecule has 0 saturated carbocycles. The average molecular weight is 247 g/mol. The third-order valence-corrected chi connectivity index (χ3v) is 1.91. The molecule has 0 atom stereocenters. The average Bonchev–Trinajstić information content (AvgIpc) is 1.97. The summed E-state index contributed by atoms with van der Waals surface area (Å²) in [6, 6.07) is 2.64. The van der Waals surface area contributed by atoms with Gasteiger partial charge < -0.3 is 10.2 Å². The molecule has 6 heteroatoms. The molecule has 0 aromatic heterocycles. The van der Waals surface area contributed by atoms with Gasteiger partial charge >= 0.3 is 57.4 Å². The van der Waals surface area contributed by atoms with Gasteiger partial charge in [0.1, 0.15) is 11.3 Å². The maximum atomic E-state index is 10.5. The zero-order valence-electron chi connectivity index (χ0n) is 5.71. The zero-order chi connectivity index (χ0) is 9.30. The first-order valence-electron chi connectivity index (χ1n) is 2.94. The Balaban J connectivity index is 0.00000144. The number of hydrogen-bond acceptors (Lipinski definition) is 2. The van der Waals surface area contributed by atoms with Crippen LogP contribution in [-0.2, 0) is 0 Å². The Morgan fingerprint density at radius 1 is 1.23 bits per heavy atom. The minimum absolute atomic E-state index is 0. The van der Waals surface area contributed by atoms with Crippen LogP contribution in [0.5, 0.6) is 5.75 Å². The molecule has 66 valence electrons. The van der Waals surface area contributed by atoms with E-state index in [9.17, 15) is 4.79 Å². The predicted molar refractivity (Wildman–Crippen MR) is 52.2 cm³/mol. The van der Waals surface area contributed by atoms with Crippen LogP contribution in [0.25, 0.3) is 0 Å². The molecule has 0 radical (unpaired) electrons. The summed E-state index contributed by atoms with van der Waals surface area (Å²) < 4.78 is 0. The van der Waals surface area contributed by atoms with E-state index >= 15 is 0 Å². The molecule has 2 N–H and O–H groups in total. The van der Waals surface area contributed by atoms with Crippen molar-refractivity contribution < 1.29 is 15.0 Å². The van der Waals surface area contributed by atoms with Crippen LogP contribution in [0.2, 0.25) is 10.0 Å². The molecule has 0 aliphatic carbocycles. The number of rotatable bonds is 1. The van der Waals surface area contributed by atoms with Crippen molar-refractivity contribution in [3.63, 3.8) is 0 Å². The number of phenols is 1. The summed E-state index contributed by atoms with van der Waals surface area (Å²) in [6.45, 7) is 0. The van der Waals surface area contributed by atoms with E-state index < -0.39 is 11.7 Å². The van der Waals surface area contributed by atoms with Gasteiger partial charge in [-0.05, 0) is 12.1 Å². The molecular weight excluding hydrogens is 242 g/mol. The Labute approximate surface area is 127 Å². The van der Waals surface area contributed by atoms with Crippen LogP contribution < -0.4 is 0 Å². The van der Waals surface area contributed by atoms with Crippen molar-refractivity contribution in [1.29, 1.82) is 0 Å². The maximum absolute atomic E-state index is 10.5. The molecule has 0 saturated heterocycles. The topological polar surface area (TPSA) is 57.5 Å². The molecule has 3 nitrogen and oxygen atoms in total. The SMILES string of the molecule is O=C(O)c1c(Cl)ccc(Cl)c1O.[KH].